The highest BCUT2D eigenvalue weighted by molar-refractivity contribution is 5.85. The molecule has 0 aliphatic heterocycles. The third kappa shape index (κ3) is 3.63. The summed E-state index contributed by atoms with van der Waals surface area (Å²) in [5.41, 5.74) is 0.253. The lowest BCUT2D eigenvalue weighted by atomic mass is 9.66. The van der Waals surface area contributed by atoms with E-state index in [1.54, 1.807) is 0 Å². The second-order valence-electron chi connectivity index (χ2n) is 5.94. The highest BCUT2D eigenvalue weighted by Gasteiger charge is 2.46. The van der Waals surface area contributed by atoms with Crippen molar-refractivity contribution in [3.05, 3.63) is 35.9 Å². The molecule has 1 aliphatic carbocycles. The zero-order chi connectivity index (χ0) is 15.3. The summed E-state index contributed by atoms with van der Waals surface area (Å²) < 4.78 is 0. The molecule has 114 valence electrons. The first kappa shape index (κ1) is 15.5. The van der Waals surface area contributed by atoms with Gasteiger partial charge < -0.3 is 10.4 Å². The van der Waals surface area contributed by atoms with Crippen LogP contribution in [0.15, 0.2) is 30.3 Å². The first-order chi connectivity index (χ1) is 10.1. The van der Waals surface area contributed by atoms with Crippen LogP contribution in [0.5, 0.6) is 0 Å². The number of benzene rings is 1. The molecular formula is C17H23NO3. The van der Waals surface area contributed by atoms with E-state index in [2.05, 4.69) is 12.2 Å². The summed E-state index contributed by atoms with van der Waals surface area (Å²) in [6.45, 7) is 2.08. The number of amides is 1. The molecule has 0 spiro atoms. The Morgan fingerprint density at radius 1 is 1.29 bits per heavy atom. The van der Waals surface area contributed by atoms with Crippen molar-refractivity contribution in [2.45, 2.75) is 51.5 Å². The van der Waals surface area contributed by atoms with E-state index in [1.807, 2.05) is 30.3 Å². The van der Waals surface area contributed by atoms with E-state index < -0.39 is 11.4 Å². The lowest BCUT2D eigenvalue weighted by Gasteiger charge is -2.37. The van der Waals surface area contributed by atoms with E-state index in [4.69, 9.17) is 0 Å². The fourth-order valence-electron chi connectivity index (χ4n) is 2.92. The zero-order valence-corrected chi connectivity index (χ0v) is 12.5. The minimum Gasteiger partial charge on any atom is -0.481 e. The van der Waals surface area contributed by atoms with Crippen molar-refractivity contribution in [3.8, 4) is 0 Å². The molecule has 4 heteroatoms. The maximum Gasteiger partial charge on any atom is 0.310 e. The summed E-state index contributed by atoms with van der Waals surface area (Å²) >= 11 is 0. The average Bonchev–Trinajstić information content (AvgIpc) is 2.43. The van der Waals surface area contributed by atoms with Crippen molar-refractivity contribution in [2.75, 3.05) is 0 Å². The topological polar surface area (TPSA) is 66.4 Å². The summed E-state index contributed by atoms with van der Waals surface area (Å²) in [7, 11) is 0. The van der Waals surface area contributed by atoms with Crippen LogP contribution in [0.4, 0.5) is 0 Å². The minimum atomic E-state index is -0.837. The fraction of sp³-hybridized carbons (Fsp3) is 0.529. The molecule has 1 fully saturated rings. The van der Waals surface area contributed by atoms with Crippen LogP contribution in [0, 0.1) is 5.41 Å². The summed E-state index contributed by atoms with van der Waals surface area (Å²) in [6, 6.07) is 9.81. The predicted octanol–water partition coefficient (Wildman–Crippen LogP) is 3.29. The zero-order valence-electron chi connectivity index (χ0n) is 12.5. The SMILES string of the molecule is CCCC(NC(=O)CC1(C(=O)O)CCC1)c1ccccc1. The van der Waals surface area contributed by atoms with Crippen molar-refractivity contribution in [1.29, 1.82) is 0 Å². The monoisotopic (exact) mass is 289 g/mol. The highest BCUT2D eigenvalue weighted by Crippen LogP contribution is 2.44. The molecule has 1 amide bonds. The maximum absolute atomic E-state index is 12.2. The van der Waals surface area contributed by atoms with Crippen molar-refractivity contribution in [3.63, 3.8) is 0 Å². The standard InChI is InChI=1S/C17H23NO3/c1-2-7-14(13-8-4-3-5-9-13)18-15(19)12-17(16(20)21)10-6-11-17/h3-5,8-9,14H,2,6-7,10-12H2,1H3,(H,18,19)(H,20,21). The second kappa shape index (κ2) is 6.74. The van der Waals surface area contributed by atoms with E-state index in [0.717, 1.165) is 24.8 Å². The largest absolute Gasteiger partial charge is 0.481 e. The van der Waals surface area contributed by atoms with Crippen molar-refractivity contribution < 1.29 is 14.7 Å². The number of hydrogen-bond acceptors (Lipinski definition) is 2. The number of rotatable bonds is 7. The Hall–Kier alpha value is -1.84. The minimum absolute atomic E-state index is 0.0328. The molecule has 0 heterocycles. The van der Waals surface area contributed by atoms with Gasteiger partial charge in [-0.25, -0.2) is 0 Å². The van der Waals surface area contributed by atoms with Gasteiger partial charge in [-0.05, 0) is 24.8 Å². The Labute approximate surface area is 125 Å². The molecular weight excluding hydrogens is 266 g/mol. The van der Waals surface area contributed by atoms with Crippen LogP contribution in [-0.2, 0) is 9.59 Å². The van der Waals surface area contributed by atoms with E-state index in [9.17, 15) is 14.7 Å². The van der Waals surface area contributed by atoms with Gasteiger partial charge in [-0.3, -0.25) is 9.59 Å². The van der Waals surface area contributed by atoms with Crippen molar-refractivity contribution >= 4 is 11.9 Å². The fourth-order valence-corrected chi connectivity index (χ4v) is 2.92. The van der Waals surface area contributed by atoms with Gasteiger partial charge in [0.15, 0.2) is 0 Å². The van der Waals surface area contributed by atoms with Gasteiger partial charge in [0.1, 0.15) is 0 Å². The van der Waals surface area contributed by atoms with Crippen LogP contribution < -0.4 is 5.32 Å². The molecule has 1 saturated carbocycles. The Morgan fingerprint density at radius 2 is 1.95 bits per heavy atom. The third-order valence-corrected chi connectivity index (χ3v) is 4.38. The van der Waals surface area contributed by atoms with Gasteiger partial charge >= 0.3 is 5.97 Å². The Bertz CT molecular complexity index is 494. The molecule has 1 unspecified atom stereocenters. The number of carbonyl (C=O) groups excluding carboxylic acids is 1. The molecule has 0 saturated heterocycles. The van der Waals surface area contributed by atoms with Crippen LogP contribution in [0.2, 0.25) is 0 Å². The highest BCUT2D eigenvalue weighted by atomic mass is 16.4. The number of hydrogen-bond donors (Lipinski definition) is 2. The molecule has 1 atom stereocenters. The lowest BCUT2D eigenvalue weighted by molar-refractivity contribution is -0.157. The van der Waals surface area contributed by atoms with E-state index >= 15 is 0 Å². The number of carboxylic acid groups (broad SMARTS) is 1. The summed E-state index contributed by atoms with van der Waals surface area (Å²) in [6.07, 6.45) is 4.03. The molecule has 21 heavy (non-hydrogen) atoms. The lowest BCUT2D eigenvalue weighted by Crippen LogP contribution is -2.43. The summed E-state index contributed by atoms with van der Waals surface area (Å²) in [5, 5.41) is 12.3. The second-order valence-corrected chi connectivity index (χ2v) is 5.94. The number of carboxylic acids is 1. The van der Waals surface area contributed by atoms with Gasteiger partial charge in [0, 0.05) is 6.42 Å². The smallest absolute Gasteiger partial charge is 0.310 e. The van der Waals surface area contributed by atoms with Crippen LogP contribution >= 0.6 is 0 Å². The molecule has 2 rings (SSSR count). The Morgan fingerprint density at radius 3 is 2.43 bits per heavy atom. The number of aliphatic carboxylic acids is 1. The van der Waals surface area contributed by atoms with Crippen LogP contribution in [-0.4, -0.2) is 17.0 Å². The average molecular weight is 289 g/mol. The van der Waals surface area contributed by atoms with Crippen molar-refractivity contribution in [1.82, 2.24) is 5.32 Å². The first-order valence-corrected chi connectivity index (χ1v) is 7.65. The molecule has 0 bridgehead atoms. The molecule has 1 aromatic carbocycles. The van der Waals surface area contributed by atoms with Gasteiger partial charge in [0.25, 0.3) is 0 Å². The molecule has 0 aromatic heterocycles. The Balaban J connectivity index is 2.00. The predicted molar refractivity (Wildman–Crippen MR) is 80.8 cm³/mol. The maximum atomic E-state index is 12.2. The summed E-state index contributed by atoms with van der Waals surface area (Å²) in [5.74, 6) is -0.991. The molecule has 4 nitrogen and oxygen atoms in total. The van der Waals surface area contributed by atoms with Gasteiger partial charge in [0.2, 0.25) is 5.91 Å². The third-order valence-electron chi connectivity index (χ3n) is 4.38. The Kier molecular flexibility index (Phi) is 4.99. The van der Waals surface area contributed by atoms with Crippen LogP contribution in [0.25, 0.3) is 0 Å². The first-order valence-electron chi connectivity index (χ1n) is 7.65. The van der Waals surface area contributed by atoms with Crippen molar-refractivity contribution in [2.24, 2.45) is 5.41 Å². The van der Waals surface area contributed by atoms with Crippen LogP contribution in [0.3, 0.4) is 0 Å². The van der Waals surface area contributed by atoms with Gasteiger partial charge in [0.05, 0.1) is 11.5 Å². The van der Waals surface area contributed by atoms with Gasteiger partial charge in [-0.15, -0.1) is 0 Å². The normalized spacial score (nSPS) is 17.6. The van der Waals surface area contributed by atoms with E-state index in [1.165, 1.54) is 0 Å². The number of nitrogens with one attached hydrogen (secondary N) is 1. The molecule has 1 aliphatic rings. The van der Waals surface area contributed by atoms with Gasteiger partial charge in [-0.2, -0.15) is 0 Å². The number of carbonyl (C=O) groups is 2. The van der Waals surface area contributed by atoms with Crippen LogP contribution in [0.1, 0.15) is 57.1 Å². The molecule has 1 aromatic rings. The van der Waals surface area contributed by atoms with E-state index in [-0.39, 0.29) is 18.4 Å². The quantitative estimate of drug-likeness (QED) is 0.809. The van der Waals surface area contributed by atoms with Gasteiger partial charge in [-0.1, -0.05) is 50.1 Å². The van der Waals surface area contributed by atoms with E-state index in [0.29, 0.717) is 12.8 Å². The molecule has 2 N–H and O–H groups in total. The summed E-state index contributed by atoms with van der Waals surface area (Å²) in [4.78, 5) is 23.6. The molecule has 0 radical (unpaired) electrons.